The molecule has 0 aliphatic rings. The van der Waals surface area contributed by atoms with Gasteiger partial charge in [0.15, 0.2) is 0 Å². The minimum atomic E-state index is -3.41. The quantitative estimate of drug-likeness (QED) is 0.892. The predicted octanol–water partition coefficient (Wildman–Crippen LogP) is 3.11. The highest BCUT2D eigenvalue weighted by Gasteiger charge is 2.21. The zero-order valence-electron chi connectivity index (χ0n) is 11.7. The maximum Gasteiger partial charge on any atom is 0.241 e. The van der Waals surface area contributed by atoms with Crippen molar-refractivity contribution in [1.82, 2.24) is 4.72 Å². The van der Waals surface area contributed by atoms with Crippen molar-refractivity contribution in [2.75, 3.05) is 0 Å². The molecule has 0 saturated heterocycles. The van der Waals surface area contributed by atoms with Crippen LogP contribution in [-0.4, -0.2) is 14.0 Å². The first kappa shape index (κ1) is 15.2. The van der Waals surface area contributed by atoms with Crippen molar-refractivity contribution in [3.63, 3.8) is 0 Å². The summed E-state index contributed by atoms with van der Waals surface area (Å²) in [6.45, 7) is 7.65. The fraction of sp³-hybridized carbons (Fsp3) is 0.571. The number of benzene rings is 1. The molecule has 0 aromatic heterocycles. The van der Waals surface area contributed by atoms with E-state index >= 15 is 0 Å². The molecule has 0 amide bonds. The minimum absolute atomic E-state index is 0.331. The Bertz CT molecular complexity index is 470. The summed E-state index contributed by atoms with van der Waals surface area (Å²) in [5.74, 6) is 0. The summed E-state index contributed by atoms with van der Waals surface area (Å²) in [7, 11) is -3.41. The average Bonchev–Trinajstić information content (AvgIpc) is 2.23. The van der Waals surface area contributed by atoms with Crippen LogP contribution in [0.15, 0.2) is 29.2 Å². The van der Waals surface area contributed by atoms with Crippen molar-refractivity contribution in [3.05, 3.63) is 29.8 Å². The molecule has 1 aromatic carbocycles. The highest BCUT2D eigenvalue weighted by Crippen LogP contribution is 2.14. The van der Waals surface area contributed by atoms with E-state index in [9.17, 15) is 8.42 Å². The van der Waals surface area contributed by atoms with E-state index in [0.717, 1.165) is 19.3 Å². The maximum atomic E-state index is 12.1. The molecule has 1 aromatic rings. The van der Waals surface area contributed by atoms with Crippen molar-refractivity contribution in [2.24, 2.45) is 0 Å². The highest BCUT2D eigenvalue weighted by molar-refractivity contribution is 7.89. The Morgan fingerprint density at radius 1 is 1.11 bits per heavy atom. The molecule has 0 fully saturated rings. The molecular weight excluding hydrogens is 246 g/mol. The number of unbranched alkanes of at least 4 members (excludes halogenated alkanes) is 1. The third kappa shape index (κ3) is 4.78. The van der Waals surface area contributed by atoms with Gasteiger partial charge >= 0.3 is 0 Å². The Balaban J connectivity index is 2.84. The summed E-state index contributed by atoms with van der Waals surface area (Å²) in [6.07, 6.45) is 3.28. The van der Waals surface area contributed by atoms with Crippen LogP contribution in [0.5, 0.6) is 0 Å². The van der Waals surface area contributed by atoms with E-state index in [4.69, 9.17) is 0 Å². The first-order chi connectivity index (χ1) is 8.24. The van der Waals surface area contributed by atoms with Gasteiger partial charge in [0.25, 0.3) is 0 Å². The van der Waals surface area contributed by atoms with E-state index in [1.807, 2.05) is 32.9 Å². The molecule has 102 valence electrons. The van der Waals surface area contributed by atoms with Crippen molar-refractivity contribution >= 4 is 10.0 Å². The Morgan fingerprint density at radius 3 is 2.11 bits per heavy atom. The number of hydrogen-bond donors (Lipinski definition) is 1. The van der Waals surface area contributed by atoms with Crippen LogP contribution in [0.25, 0.3) is 0 Å². The SMILES string of the molecule is CCCCc1ccc(S(=O)(=O)NC(C)(C)C)cc1. The van der Waals surface area contributed by atoms with E-state index in [-0.39, 0.29) is 0 Å². The molecule has 3 nitrogen and oxygen atoms in total. The molecule has 0 radical (unpaired) electrons. The summed E-state index contributed by atoms with van der Waals surface area (Å²) in [5, 5.41) is 0. The zero-order valence-corrected chi connectivity index (χ0v) is 12.5. The second-order valence-electron chi connectivity index (χ2n) is 5.60. The summed E-state index contributed by atoms with van der Waals surface area (Å²) >= 11 is 0. The third-order valence-electron chi connectivity index (χ3n) is 2.49. The fourth-order valence-electron chi connectivity index (χ4n) is 1.68. The second kappa shape index (κ2) is 5.85. The van der Waals surface area contributed by atoms with Crippen LogP contribution in [0.4, 0.5) is 0 Å². The first-order valence-electron chi connectivity index (χ1n) is 6.37. The third-order valence-corrected chi connectivity index (χ3v) is 4.27. The number of sulfonamides is 1. The fourth-order valence-corrected chi connectivity index (χ4v) is 3.10. The smallest absolute Gasteiger partial charge is 0.207 e. The van der Waals surface area contributed by atoms with Gasteiger partial charge in [0, 0.05) is 5.54 Å². The average molecular weight is 269 g/mol. The van der Waals surface area contributed by atoms with E-state index in [1.165, 1.54) is 5.56 Å². The summed E-state index contributed by atoms with van der Waals surface area (Å²) in [5.41, 5.74) is 0.728. The number of aryl methyl sites for hydroxylation is 1. The van der Waals surface area contributed by atoms with Gasteiger partial charge in [0.2, 0.25) is 10.0 Å². The van der Waals surface area contributed by atoms with Crippen LogP contribution in [-0.2, 0) is 16.4 Å². The normalized spacial score (nSPS) is 12.7. The van der Waals surface area contributed by atoms with Gasteiger partial charge in [-0.2, -0.15) is 0 Å². The lowest BCUT2D eigenvalue weighted by atomic mass is 10.1. The number of nitrogens with one attached hydrogen (secondary N) is 1. The van der Waals surface area contributed by atoms with Gasteiger partial charge in [-0.15, -0.1) is 0 Å². The standard InChI is InChI=1S/C14H23NO2S/c1-5-6-7-12-8-10-13(11-9-12)18(16,17)15-14(2,3)4/h8-11,15H,5-7H2,1-4H3. The van der Waals surface area contributed by atoms with E-state index < -0.39 is 15.6 Å². The van der Waals surface area contributed by atoms with Gasteiger partial charge in [0.05, 0.1) is 4.90 Å². The molecule has 0 heterocycles. The molecule has 0 unspecified atom stereocenters. The lowest BCUT2D eigenvalue weighted by Gasteiger charge is -2.20. The van der Waals surface area contributed by atoms with Crippen LogP contribution in [0.3, 0.4) is 0 Å². The number of rotatable bonds is 5. The molecule has 0 saturated carbocycles. The molecule has 0 aliphatic carbocycles. The molecule has 0 atom stereocenters. The van der Waals surface area contributed by atoms with Crippen molar-refractivity contribution in [2.45, 2.75) is 57.4 Å². The largest absolute Gasteiger partial charge is 0.241 e. The van der Waals surface area contributed by atoms with Crippen molar-refractivity contribution < 1.29 is 8.42 Å². The maximum absolute atomic E-state index is 12.1. The van der Waals surface area contributed by atoms with Gasteiger partial charge in [-0.3, -0.25) is 0 Å². The Morgan fingerprint density at radius 2 is 1.67 bits per heavy atom. The van der Waals surface area contributed by atoms with Crippen LogP contribution in [0, 0.1) is 0 Å². The van der Waals surface area contributed by atoms with Gasteiger partial charge in [0.1, 0.15) is 0 Å². The van der Waals surface area contributed by atoms with Crippen molar-refractivity contribution in [1.29, 1.82) is 0 Å². The minimum Gasteiger partial charge on any atom is -0.207 e. The molecule has 4 heteroatoms. The van der Waals surface area contributed by atoms with Crippen LogP contribution in [0.2, 0.25) is 0 Å². The monoisotopic (exact) mass is 269 g/mol. The Labute approximate surface area is 111 Å². The topological polar surface area (TPSA) is 46.2 Å². The zero-order chi connectivity index (χ0) is 13.8. The van der Waals surface area contributed by atoms with E-state index in [1.54, 1.807) is 12.1 Å². The molecule has 1 N–H and O–H groups in total. The van der Waals surface area contributed by atoms with Gasteiger partial charge in [-0.05, 0) is 51.3 Å². The van der Waals surface area contributed by atoms with Crippen molar-refractivity contribution in [3.8, 4) is 0 Å². The van der Waals surface area contributed by atoms with E-state index in [2.05, 4.69) is 11.6 Å². The molecular formula is C14H23NO2S. The van der Waals surface area contributed by atoms with Gasteiger partial charge in [-0.25, -0.2) is 13.1 Å². The molecule has 1 rings (SSSR count). The second-order valence-corrected chi connectivity index (χ2v) is 7.29. The molecule has 0 spiro atoms. The number of hydrogen-bond acceptors (Lipinski definition) is 2. The van der Waals surface area contributed by atoms with Gasteiger partial charge in [-0.1, -0.05) is 25.5 Å². The Hall–Kier alpha value is -0.870. The Kier molecular flexibility index (Phi) is 4.93. The highest BCUT2D eigenvalue weighted by atomic mass is 32.2. The lowest BCUT2D eigenvalue weighted by molar-refractivity contribution is 0.491. The summed E-state index contributed by atoms with van der Waals surface area (Å²) in [4.78, 5) is 0.331. The van der Waals surface area contributed by atoms with Crippen LogP contribution in [0.1, 0.15) is 46.1 Å². The summed E-state index contributed by atoms with van der Waals surface area (Å²) < 4.78 is 26.8. The van der Waals surface area contributed by atoms with Gasteiger partial charge < -0.3 is 0 Å². The molecule has 0 aliphatic heterocycles. The van der Waals surface area contributed by atoms with Crippen LogP contribution < -0.4 is 4.72 Å². The predicted molar refractivity (Wildman–Crippen MR) is 75.1 cm³/mol. The molecule has 0 bridgehead atoms. The lowest BCUT2D eigenvalue weighted by Crippen LogP contribution is -2.40. The van der Waals surface area contributed by atoms with Crippen LogP contribution >= 0.6 is 0 Å². The summed E-state index contributed by atoms with van der Waals surface area (Å²) in [6, 6.07) is 7.15. The molecule has 18 heavy (non-hydrogen) atoms. The van der Waals surface area contributed by atoms with E-state index in [0.29, 0.717) is 4.90 Å². The first-order valence-corrected chi connectivity index (χ1v) is 7.86.